The summed E-state index contributed by atoms with van der Waals surface area (Å²) >= 11 is 0. The molecule has 2 heteroatoms. The lowest BCUT2D eigenvalue weighted by molar-refractivity contribution is -0.386. The van der Waals surface area contributed by atoms with E-state index < -0.39 is 0 Å². The van der Waals surface area contributed by atoms with Crippen molar-refractivity contribution in [3.8, 4) is 0 Å². The Hall–Kier alpha value is -1.15. The first-order chi connectivity index (χ1) is 5.24. The molecule has 0 saturated carbocycles. The lowest BCUT2D eigenvalue weighted by Crippen LogP contribution is -2.02. The van der Waals surface area contributed by atoms with Gasteiger partial charge in [0.05, 0.1) is 0 Å². The average molecular weight is 149 g/mol. The fraction of sp³-hybridized carbons (Fsp3) is 0.222. The first-order valence-corrected chi connectivity index (χ1v) is 3.42. The Morgan fingerprint density at radius 2 is 1.91 bits per heavy atom. The highest BCUT2D eigenvalue weighted by Gasteiger charge is 1.95. The Labute approximate surface area is 65.5 Å². The summed E-state index contributed by atoms with van der Waals surface area (Å²) in [6.07, 6.45) is 0. The van der Waals surface area contributed by atoms with Crippen molar-refractivity contribution < 1.29 is 9.90 Å². The molecule has 0 bridgehead atoms. The fourth-order valence-corrected chi connectivity index (χ4v) is 0.836. The molecule has 0 amide bonds. The Morgan fingerprint density at radius 3 is 2.27 bits per heavy atom. The molecule has 0 spiro atoms. The molecular weight excluding hydrogens is 140 g/mol. The standard InChI is InChI=1S/C9H9O2/c1-7(11)9-4-2-8(6-10)3-5-9/h2-5H,6H2,1H3/q-1. The highest BCUT2D eigenvalue weighted by molar-refractivity contribution is 5.93. The molecule has 0 heterocycles. The zero-order valence-corrected chi connectivity index (χ0v) is 6.33. The van der Waals surface area contributed by atoms with Crippen molar-refractivity contribution in [2.24, 2.45) is 0 Å². The average Bonchev–Trinajstić information content (AvgIpc) is 2.05. The first kappa shape index (κ1) is 7.95. The lowest BCUT2D eigenvalue weighted by atomic mass is 10.1. The molecular formula is C9H9O2-. The number of ketones is 1. The van der Waals surface area contributed by atoms with E-state index >= 15 is 0 Å². The van der Waals surface area contributed by atoms with Gasteiger partial charge in [-0.2, -0.15) is 0 Å². The monoisotopic (exact) mass is 149 g/mol. The molecule has 0 N–H and O–H groups in total. The van der Waals surface area contributed by atoms with E-state index in [1.54, 1.807) is 24.3 Å². The van der Waals surface area contributed by atoms with Gasteiger partial charge in [0.2, 0.25) is 0 Å². The lowest BCUT2D eigenvalue weighted by Gasteiger charge is -2.03. The third-order valence-corrected chi connectivity index (χ3v) is 1.53. The van der Waals surface area contributed by atoms with Gasteiger partial charge in [0.1, 0.15) is 0 Å². The van der Waals surface area contributed by atoms with Crippen molar-refractivity contribution in [1.82, 2.24) is 0 Å². The second kappa shape index (κ2) is 3.30. The summed E-state index contributed by atoms with van der Waals surface area (Å²) in [6, 6.07) is 6.72. The second-order valence-corrected chi connectivity index (χ2v) is 2.40. The number of Topliss-reactive ketones (excluding diaryl/α,β-unsaturated/α-hetero) is 1. The molecule has 0 radical (unpaired) electrons. The third-order valence-electron chi connectivity index (χ3n) is 1.53. The van der Waals surface area contributed by atoms with Gasteiger partial charge in [-0.05, 0) is 6.92 Å². The topological polar surface area (TPSA) is 40.1 Å². The minimum Gasteiger partial charge on any atom is -0.851 e. The number of benzene rings is 1. The first-order valence-electron chi connectivity index (χ1n) is 3.42. The molecule has 0 aliphatic carbocycles. The van der Waals surface area contributed by atoms with Crippen LogP contribution in [0, 0.1) is 0 Å². The van der Waals surface area contributed by atoms with Gasteiger partial charge in [-0.25, -0.2) is 0 Å². The molecule has 1 rings (SSSR count). The summed E-state index contributed by atoms with van der Waals surface area (Å²) in [7, 11) is 0. The van der Waals surface area contributed by atoms with E-state index in [0.717, 1.165) is 5.56 Å². The van der Waals surface area contributed by atoms with Crippen molar-refractivity contribution in [3.63, 3.8) is 0 Å². The molecule has 0 saturated heterocycles. The Morgan fingerprint density at radius 1 is 1.36 bits per heavy atom. The van der Waals surface area contributed by atoms with Crippen LogP contribution in [0.15, 0.2) is 24.3 Å². The Balaban J connectivity index is 2.91. The van der Waals surface area contributed by atoms with Crippen LogP contribution in [-0.2, 0) is 6.61 Å². The maximum Gasteiger partial charge on any atom is 0.159 e. The molecule has 11 heavy (non-hydrogen) atoms. The number of carbonyl (C=O) groups excluding carboxylic acids is 1. The quantitative estimate of drug-likeness (QED) is 0.582. The van der Waals surface area contributed by atoms with Crippen LogP contribution in [0.3, 0.4) is 0 Å². The zero-order chi connectivity index (χ0) is 8.27. The van der Waals surface area contributed by atoms with Crippen LogP contribution >= 0.6 is 0 Å². The van der Waals surface area contributed by atoms with Crippen LogP contribution in [0.25, 0.3) is 0 Å². The van der Waals surface area contributed by atoms with Crippen molar-refractivity contribution >= 4 is 5.78 Å². The zero-order valence-electron chi connectivity index (χ0n) is 6.33. The molecule has 0 aliphatic heterocycles. The highest BCUT2D eigenvalue weighted by atomic mass is 16.3. The summed E-state index contributed by atoms with van der Waals surface area (Å²) in [5.74, 6) is 0.0300. The SMILES string of the molecule is CC(=O)c1ccc(C[O-])cc1. The van der Waals surface area contributed by atoms with Crippen molar-refractivity contribution in [2.45, 2.75) is 13.5 Å². The van der Waals surface area contributed by atoms with Crippen LogP contribution in [-0.4, -0.2) is 5.78 Å². The molecule has 0 aromatic heterocycles. The Bertz CT molecular complexity index is 249. The minimum absolute atomic E-state index is 0.0300. The van der Waals surface area contributed by atoms with E-state index in [0.29, 0.717) is 5.56 Å². The molecule has 2 nitrogen and oxygen atoms in total. The number of hydrogen-bond acceptors (Lipinski definition) is 2. The van der Waals surface area contributed by atoms with E-state index in [9.17, 15) is 9.90 Å². The summed E-state index contributed by atoms with van der Waals surface area (Å²) in [6.45, 7) is 1.28. The second-order valence-electron chi connectivity index (χ2n) is 2.40. The van der Waals surface area contributed by atoms with Gasteiger partial charge in [-0.1, -0.05) is 29.8 Å². The van der Waals surface area contributed by atoms with Gasteiger partial charge in [-0.15, -0.1) is 6.61 Å². The van der Waals surface area contributed by atoms with Crippen molar-refractivity contribution in [3.05, 3.63) is 35.4 Å². The number of carbonyl (C=O) groups is 1. The van der Waals surface area contributed by atoms with Crippen LogP contribution in [0.4, 0.5) is 0 Å². The maximum absolute atomic E-state index is 10.8. The molecule has 0 aliphatic rings. The van der Waals surface area contributed by atoms with Gasteiger partial charge in [0.25, 0.3) is 0 Å². The largest absolute Gasteiger partial charge is 0.851 e. The smallest absolute Gasteiger partial charge is 0.159 e. The molecule has 0 unspecified atom stereocenters. The molecule has 0 fully saturated rings. The van der Waals surface area contributed by atoms with Gasteiger partial charge < -0.3 is 5.11 Å². The predicted molar refractivity (Wildman–Crippen MR) is 40.2 cm³/mol. The highest BCUT2D eigenvalue weighted by Crippen LogP contribution is 2.03. The van der Waals surface area contributed by atoms with E-state index in [2.05, 4.69) is 0 Å². The van der Waals surface area contributed by atoms with Crippen molar-refractivity contribution in [1.29, 1.82) is 0 Å². The van der Waals surface area contributed by atoms with Gasteiger partial charge >= 0.3 is 0 Å². The van der Waals surface area contributed by atoms with E-state index in [-0.39, 0.29) is 12.4 Å². The third kappa shape index (κ3) is 1.88. The summed E-state index contributed by atoms with van der Waals surface area (Å²) in [4.78, 5) is 10.8. The summed E-state index contributed by atoms with van der Waals surface area (Å²) in [5.41, 5.74) is 1.37. The van der Waals surface area contributed by atoms with Crippen LogP contribution < -0.4 is 5.11 Å². The van der Waals surface area contributed by atoms with Crippen LogP contribution in [0.2, 0.25) is 0 Å². The van der Waals surface area contributed by atoms with Gasteiger partial charge in [-0.3, -0.25) is 4.79 Å². The normalized spacial score (nSPS) is 9.64. The van der Waals surface area contributed by atoms with Crippen molar-refractivity contribution in [2.75, 3.05) is 0 Å². The van der Waals surface area contributed by atoms with E-state index in [1.165, 1.54) is 6.92 Å². The predicted octanol–water partition coefficient (Wildman–Crippen LogP) is 0.750. The maximum atomic E-state index is 10.8. The van der Waals surface area contributed by atoms with Crippen LogP contribution in [0.5, 0.6) is 0 Å². The Kier molecular flexibility index (Phi) is 2.39. The molecule has 58 valence electrons. The minimum atomic E-state index is -0.224. The molecule has 1 aromatic rings. The van der Waals surface area contributed by atoms with E-state index in [4.69, 9.17) is 0 Å². The van der Waals surface area contributed by atoms with E-state index in [1.807, 2.05) is 0 Å². The van der Waals surface area contributed by atoms with Crippen LogP contribution in [0.1, 0.15) is 22.8 Å². The summed E-state index contributed by atoms with van der Waals surface area (Å²) in [5, 5.41) is 10.3. The molecule has 0 atom stereocenters. The summed E-state index contributed by atoms with van der Waals surface area (Å²) < 4.78 is 0. The fourth-order valence-electron chi connectivity index (χ4n) is 0.836. The number of hydrogen-bond donors (Lipinski definition) is 0. The van der Waals surface area contributed by atoms with Gasteiger partial charge in [0.15, 0.2) is 5.78 Å². The van der Waals surface area contributed by atoms with Gasteiger partial charge in [0, 0.05) is 5.56 Å². The number of rotatable bonds is 2. The molecule has 1 aromatic carbocycles.